The minimum atomic E-state index is 0.389. The summed E-state index contributed by atoms with van der Waals surface area (Å²) in [6.07, 6.45) is 2.22. The van der Waals surface area contributed by atoms with Gasteiger partial charge in [-0.15, -0.1) is 0 Å². The van der Waals surface area contributed by atoms with Gasteiger partial charge in [0.15, 0.2) is 0 Å². The zero-order valence-electron chi connectivity index (χ0n) is 11.9. The smallest absolute Gasteiger partial charge is 0.0519 e. The number of hydrogen-bond donors (Lipinski definition) is 1. The molecule has 1 atom stereocenters. The highest BCUT2D eigenvalue weighted by molar-refractivity contribution is 6.30. The van der Waals surface area contributed by atoms with E-state index in [0.717, 1.165) is 17.9 Å². The van der Waals surface area contributed by atoms with Gasteiger partial charge in [-0.05, 0) is 54.3 Å². The monoisotopic (exact) mass is 286 g/mol. The molecule has 0 aromatic heterocycles. The Balaban J connectivity index is 1.82. The Hall–Kier alpha value is -1.67. The molecule has 104 valence electrons. The van der Waals surface area contributed by atoms with Crippen LogP contribution in [0.3, 0.4) is 0 Å². The van der Waals surface area contributed by atoms with E-state index in [0.29, 0.717) is 6.04 Å². The average Bonchev–Trinajstić information content (AvgIpc) is 2.81. The van der Waals surface area contributed by atoms with Gasteiger partial charge >= 0.3 is 0 Å². The first kappa shape index (κ1) is 13.3. The van der Waals surface area contributed by atoms with Crippen molar-refractivity contribution in [1.29, 1.82) is 0 Å². The zero-order valence-corrected chi connectivity index (χ0v) is 12.6. The SMILES string of the molecule is CN(C)c1cccc(NC2CCc3cc(Cl)ccc32)c1. The summed E-state index contributed by atoms with van der Waals surface area (Å²) in [5, 5.41) is 4.47. The van der Waals surface area contributed by atoms with Gasteiger partial charge < -0.3 is 10.2 Å². The first-order chi connectivity index (χ1) is 9.63. The lowest BCUT2D eigenvalue weighted by molar-refractivity contribution is 0.762. The van der Waals surface area contributed by atoms with Crippen molar-refractivity contribution in [2.45, 2.75) is 18.9 Å². The standard InChI is InChI=1S/C17H19ClN2/c1-20(2)15-5-3-4-14(11-15)19-17-9-6-12-10-13(18)7-8-16(12)17/h3-5,7-8,10-11,17,19H,6,9H2,1-2H3. The number of nitrogens with one attached hydrogen (secondary N) is 1. The highest BCUT2D eigenvalue weighted by Gasteiger charge is 2.22. The molecule has 0 saturated carbocycles. The van der Waals surface area contributed by atoms with E-state index in [9.17, 15) is 0 Å². The fraction of sp³-hybridized carbons (Fsp3) is 0.294. The molecule has 3 rings (SSSR count). The maximum Gasteiger partial charge on any atom is 0.0519 e. The predicted octanol–water partition coefficient (Wildman–Crippen LogP) is 4.51. The summed E-state index contributed by atoms with van der Waals surface area (Å²) >= 11 is 6.06. The molecule has 2 aromatic rings. The normalized spacial score (nSPS) is 16.9. The fourth-order valence-electron chi connectivity index (χ4n) is 2.81. The lowest BCUT2D eigenvalue weighted by atomic mass is 10.1. The van der Waals surface area contributed by atoms with Crippen molar-refractivity contribution in [2.24, 2.45) is 0 Å². The second-order valence-electron chi connectivity index (χ2n) is 5.52. The molecular formula is C17H19ClN2. The maximum absolute atomic E-state index is 6.06. The van der Waals surface area contributed by atoms with Crippen molar-refractivity contribution in [3.63, 3.8) is 0 Å². The minimum Gasteiger partial charge on any atom is -0.378 e. The van der Waals surface area contributed by atoms with E-state index in [1.807, 2.05) is 6.07 Å². The summed E-state index contributed by atoms with van der Waals surface area (Å²) in [5.41, 5.74) is 5.14. The molecule has 2 aromatic carbocycles. The predicted molar refractivity (Wildman–Crippen MR) is 86.9 cm³/mol. The van der Waals surface area contributed by atoms with E-state index < -0.39 is 0 Å². The molecule has 0 saturated heterocycles. The van der Waals surface area contributed by atoms with Crippen LogP contribution in [-0.2, 0) is 6.42 Å². The Morgan fingerprint density at radius 1 is 1.15 bits per heavy atom. The highest BCUT2D eigenvalue weighted by Crippen LogP contribution is 2.35. The molecule has 0 spiro atoms. The largest absolute Gasteiger partial charge is 0.378 e. The van der Waals surface area contributed by atoms with Gasteiger partial charge in [-0.25, -0.2) is 0 Å². The van der Waals surface area contributed by atoms with Gasteiger partial charge in [-0.2, -0.15) is 0 Å². The van der Waals surface area contributed by atoms with Crippen molar-refractivity contribution in [2.75, 3.05) is 24.3 Å². The topological polar surface area (TPSA) is 15.3 Å². The highest BCUT2D eigenvalue weighted by atomic mass is 35.5. The maximum atomic E-state index is 6.06. The molecule has 0 aliphatic heterocycles. The molecule has 0 fully saturated rings. The van der Waals surface area contributed by atoms with Crippen LogP contribution < -0.4 is 10.2 Å². The molecule has 1 N–H and O–H groups in total. The Kier molecular flexibility index (Phi) is 3.58. The van der Waals surface area contributed by atoms with Crippen LogP contribution >= 0.6 is 11.6 Å². The third-order valence-corrected chi connectivity index (χ3v) is 4.12. The van der Waals surface area contributed by atoms with Crippen LogP contribution in [0.25, 0.3) is 0 Å². The van der Waals surface area contributed by atoms with E-state index >= 15 is 0 Å². The molecular weight excluding hydrogens is 268 g/mol. The van der Waals surface area contributed by atoms with Crippen molar-refractivity contribution >= 4 is 23.0 Å². The first-order valence-corrected chi connectivity index (χ1v) is 7.33. The van der Waals surface area contributed by atoms with Gasteiger partial charge in [-0.3, -0.25) is 0 Å². The van der Waals surface area contributed by atoms with E-state index in [1.165, 1.54) is 22.5 Å². The average molecular weight is 287 g/mol. The number of anilines is 2. The second-order valence-corrected chi connectivity index (χ2v) is 5.96. The summed E-state index contributed by atoms with van der Waals surface area (Å²) in [7, 11) is 4.12. The summed E-state index contributed by atoms with van der Waals surface area (Å²) in [5.74, 6) is 0. The van der Waals surface area contributed by atoms with Gasteiger partial charge in [-0.1, -0.05) is 23.7 Å². The van der Waals surface area contributed by atoms with Gasteiger partial charge in [0.2, 0.25) is 0 Å². The van der Waals surface area contributed by atoms with Crippen LogP contribution in [0.5, 0.6) is 0 Å². The summed E-state index contributed by atoms with van der Waals surface area (Å²) in [6, 6.07) is 15.1. The van der Waals surface area contributed by atoms with Crippen LogP contribution in [0.4, 0.5) is 11.4 Å². The number of rotatable bonds is 3. The van der Waals surface area contributed by atoms with E-state index in [4.69, 9.17) is 11.6 Å². The molecule has 20 heavy (non-hydrogen) atoms. The lowest BCUT2D eigenvalue weighted by Gasteiger charge is -2.18. The van der Waals surface area contributed by atoms with Crippen LogP contribution in [0.1, 0.15) is 23.6 Å². The third kappa shape index (κ3) is 2.61. The number of halogens is 1. The summed E-state index contributed by atoms with van der Waals surface area (Å²) < 4.78 is 0. The molecule has 0 heterocycles. The Labute approximate surface area is 125 Å². The zero-order chi connectivity index (χ0) is 14.1. The fourth-order valence-corrected chi connectivity index (χ4v) is 3.01. The molecule has 2 nitrogen and oxygen atoms in total. The Morgan fingerprint density at radius 2 is 2.00 bits per heavy atom. The second kappa shape index (κ2) is 5.37. The van der Waals surface area contributed by atoms with Crippen LogP contribution in [0.2, 0.25) is 5.02 Å². The molecule has 3 heteroatoms. The van der Waals surface area contributed by atoms with Gasteiger partial charge in [0.05, 0.1) is 6.04 Å². The Morgan fingerprint density at radius 3 is 2.80 bits per heavy atom. The van der Waals surface area contributed by atoms with Crippen LogP contribution in [0.15, 0.2) is 42.5 Å². The van der Waals surface area contributed by atoms with Crippen molar-refractivity contribution in [3.05, 3.63) is 58.6 Å². The molecule has 0 bridgehead atoms. The van der Waals surface area contributed by atoms with Gasteiger partial charge in [0.25, 0.3) is 0 Å². The van der Waals surface area contributed by atoms with Crippen LogP contribution in [0, 0.1) is 0 Å². The minimum absolute atomic E-state index is 0.389. The van der Waals surface area contributed by atoms with Crippen LogP contribution in [-0.4, -0.2) is 14.1 Å². The molecule has 0 amide bonds. The summed E-state index contributed by atoms with van der Waals surface area (Å²) in [6.45, 7) is 0. The number of aryl methyl sites for hydroxylation is 1. The number of benzene rings is 2. The number of fused-ring (bicyclic) bond motifs is 1. The van der Waals surface area contributed by atoms with Crippen molar-refractivity contribution in [3.8, 4) is 0 Å². The molecule has 1 unspecified atom stereocenters. The summed E-state index contributed by atoms with van der Waals surface area (Å²) in [4.78, 5) is 2.12. The third-order valence-electron chi connectivity index (χ3n) is 3.89. The van der Waals surface area contributed by atoms with Gasteiger partial charge in [0, 0.05) is 30.5 Å². The first-order valence-electron chi connectivity index (χ1n) is 6.96. The molecule has 0 radical (unpaired) electrons. The van der Waals surface area contributed by atoms with Crippen molar-refractivity contribution in [1.82, 2.24) is 0 Å². The van der Waals surface area contributed by atoms with E-state index in [2.05, 4.69) is 60.7 Å². The number of hydrogen-bond acceptors (Lipinski definition) is 2. The lowest BCUT2D eigenvalue weighted by Crippen LogP contribution is -2.10. The molecule has 1 aliphatic rings. The van der Waals surface area contributed by atoms with Crippen molar-refractivity contribution < 1.29 is 0 Å². The quantitative estimate of drug-likeness (QED) is 0.893. The van der Waals surface area contributed by atoms with E-state index in [-0.39, 0.29) is 0 Å². The van der Waals surface area contributed by atoms with Gasteiger partial charge in [0.1, 0.15) is 0 Å². The molecule has 1 aliphatic carbocycles. The number of nitrogens with zero attached hydrogens (tertiary/aromatic N) is 1. The van der Waals surface area contributed by atoms with E-state index in [1.54, 1.807) is 0 Å². The Bertz CT molecular complexity index is 622.